The van der Waals surface area contributed by atoms with E-state index >= 15 is 0 Å². The number of rotatable bonds is 4. The smallest absolute Gasteiger partial charge is 0.144 e. The van der Waals surface area contributed by atoms with Crippen LogP contribution in [0, 0.1) is 17.1 Å². The van der Waals surface area contributed by atoms with Crippen molar-refractivity contribution in [3.8, 4) is 17.2 Å². The Bertz CT molecular complexity index is 734. The molecule has 0 radical (unpaired) electrons. The summed E-state index contributed by atoms with van der Waals surface area (Å²) >= 11 is 0. The van der Waals surface area contributed by atoms with Crippen molar-refractivity contribution in [1.29, 1.82) is 5.26 Å². The van der Waals surface area contributed by atoms with Gasteiger partial charge in [-0.3, -0.25) is 0 Å². The van der Waals surface area contributed by atoms with Gasteiger partial charge in [0, 0.05) is 5.56 Å². The van der Waals surface area contributed by atoms with Crippen LogP contribution in [-0.2, 0) is 6.42 Å². The van der Waals surface area contributed by atoms with Crippen LogP contribution < -0.4 is 0 Å². The minimum absolute atomic E-state index is 0.173. The van der Waals surface area contributed by atoms with Gasteiger partial charge in [-0.25, -0.2) is 4.39 Å². The minimum atomic E-state index is -0.354. The molecule has 0 atom stereocenters. The lowest BCUT2D eigenvalue weighted by atomic mass is 9.83. The van der Waals surface area contributed by atoms with Gasteiger partial charge in [0.15, 0.2) is 0 Å². The van der Waals surface area contributed by atoms with E-state index < -0.39 is 0 Å². The summed E-state index contributed by atoms with van der Waals surface area (Å²) in [6.07, 6.45) is 8.05. The first-order valence-electron chi connectivity index (χ1n) is 9.06. The van der Waals surface area contributed by atoms with Gasteiger partial charge >= 0.3 is 0 Å². The van der Waals surface area contributed by atoms with E-state index in [1.54, 1.807) is 0 Å². The summed E-state index contributed by atoms with van der Waals surface area (Å²) in [6.45, 7) is 2.02. The monoisotopic (exact) mass is 321 g/mol. The minimum Gasteiger partial charge on any atom is -0.205 e. The van der Waals surface area contributed by atoms with E-state index in [-0.39, 0.29) is 11.4 Å². The third-order valence-electron chi connectivity index (χ3n) is 5.15. The molecule has 1 fully saturated rings. The van der Waals surface area contributed by atoms with Gasteiger partial charge in [0.1, 0.15) is 11.9 Å². The van der Waals surface area contributed by atoms with E-state index in [2.05, 4.69) is 18.2 Å². The normalized spacial score (nSPS) is 15.2. The summed E-state index contributed by atoms with van der Waals surface area (Å²) < 4.78 is 14.6. The van der Waals surface area contributed by atoms with Crippen LogP contribution in [0.15, 0.2) is 36.4 Å². The van der Waals surface area contributed by atoms with Gasteiger partial charge in [-0.2, -0.15) is 5.26 Å². The Labute approximate surface area is 144 Å². The van der Waals surface area contributed by atoms with Crippen LogP contribution in [0.25, 0.3) is 11.1 Å². The lowest BCUT2D eigenvalue weighted by Crippen LogP contribution is -2.04. The van der Waals surface area contributed by atoms with Crippen molar-refractivity contribution in [2.75, 3.05) is 0 Å². The molecule has 1 aliphatic rings. The maximum atomic E-state index is 14.6. The van der Waals surface area contributed by atoms with Crippen LogP contribution in [0.3, 0.4) is 0 Å². The molecule has 24 heavy (non-hydrogen) atoms. The lowest BCUT2D eigenvalue weighted by Gasteiger charge is -2.22. The quantitative estimate of drug-likeness (QED) is 0.642. The fraction of sp³-hybridized carbons (Fsp3) is 0.409. The van der Waals surface area contributed by atoms with E-state index in [0.29, 0.717) is 23.5 Å². The third-order valence-corrected chi connectivity index (χ3v) is 5.15. The van der Waals surface area contributed by atoms with Gasteiger partial charge in [-0.15, -0.1) is 0 Å². The molecule has 0 bridgehead atoms. The molecular formula is C22H24FN. The van der Waals surface area contributed by atoms with Crippen LogP contribution in [-0.4, -0.2) is 0 Å². The SMILES string of the molecule is CCCc1ccc(-c2ccc(C3CCCCC3)cc2)c(C#N)c1F. The number of aryl methyl sites for hydroxylation is 1. The van der Waals surface area contributed by atoms with Gasteiger partial charge in [-0.05, 0) is 41.9 Å². The van der Waals surface area contributed by atoms with Crippen LogP contribution in [0.4, 0.5) is 4.39 Å². The molecule has 1 saturated carbocycles. The van der Waals surface area contributed by atoms with E-state index in [1.807, 2.05) is 31.2 Å². The van der Waals surface area contributed by atoms with Crippen LogP contribution >= 0.6 is 0 Å². The van der Waals surface area contributed by atoms with Gasteiger partial charge in [0.2, 0.25) is 0 Å². The molecule has 3 rings (SSSR count). The molecule has 0 spiro atoms. The van der Waals surface area contributed by atoms with Crippen molar-refractivity contribution in [3.05, 3.63) is 58.9 Å². The number of nitriles is 1. The zero-order valence-corrected chi connectivity index (χ0v) is 14.3. The van der Waals surface area contributed by atoms with E-state index in [4.69, 9.17) is 0 Å². The Kier molecular flexibility index (Phi) is 5.30. The zero-order valence-electron chi connectivity index (χ0n) is 14.3. The number of hydrogen-bond donors (Lipinski definition) is 0. The highest BCUT2D eigenvalue weighted by Crippen LogP contribution is 2.34. The molecule has 0 unspecified atom stereocenters. The summed E-state index contributed by atoms with van der Waals surface area (Å²) in [7, 11) is 0. The molecular weight excluding hydrogens is 297 g/mol. The largest absolute Gasteiger partial charge is 0.205 e. The molecule has 2 aromatic carbocycles. The van der Waals surface area contributed by atoms with Crippen LogP contribution in [0.2, 0.25) is 0 Å². The average molecular weight is 321 g/mol. The van der Waals surface area contributed by atoms with Crippen LogP contribution in [0.5, 0.6) is 0 Å². The lowest BCUT2D eigenvalue weighted by molar-refractivity contribution is 0.443. The number of benzene rings is 2. The fourth-order valence-corrected chi connectivity index (χ4v) is 3.80. The summed E-state index contributed by atoms with van der Waals surface area (Å²) in [6, 6.07) is 14.2. The molecule has 0 amide bonds. The summed E-state index contributed by atoms with van der Waals surface area (Å²) in [5.74, 6) is 0.306. The predicted octanol–water partition coefficient (Wildman–Crippen LogP) is 6.36. The topological polar surface area (TPSA) is 23.8 Å². The highest BCUT2D eigenvalue weighted by molar-refractivity contribution is 5.71. The first kappa shape index (κ1) is 16.7. The first-order valence-corrected chi connectivity index (χ1v) is 9.06. The Morgan fingerprint density at radius 1 is 1.04 bits per heavy atom. The van der Waals surface area contributed by atoms with Crippen molar-refractivity contribution in [2.45, 2.75) is 57.8 Å². The average Bonchev–Trinajstić information content (AvgIpc) is 2.64. The number of halogens is 1. The van der Waals surface area contributed by atoms with E-state index in [1.165, 1.54) is 37.7 Å². The molecule has 0 heterocycles. The van der Waals surface area contributed by atoms with E-state index in [9.17, 15) is 9.65 Å². The van der Waals surface area contributed by atoms with Gasteiger partial charge in [-0.1, -0.05) is 69.0 Å². The molecule has 2 aromatic rings. The van der Waals surface area contributed by atoms with Crippen LogP contribution in [0.1, 0.15) is 68.1 Å². The predicted molar refractivity (Wildman–Crippen MR) is 96.4 cm³/mol. The second-order valence-corrected chi connectivity index (χ2v) is 6.78. The van der Waals surface area contributed by atoms with Crippen molar-refractivity contribution in [3.63, 3.8) is 0 Å². The fourth-order valence-electron chi connectivity index (χ4n) is 3.80. The molecule has 1 nitrogen and oxygen atoms in total. The Morgan fingerprint density at radius 2 is 1.75 bits per heavy atom. The Morgan fingerprint density at radius 3 is 2.38 bits per heavy atom. The van der Waals surface area contributed by atoms with Gasteiger partial charge < -0.3 is 0 Å². The molecule has 2 heteroatoms. The molecule has 0 N–H and O–H groups in total. The van der Waals surface area contributed by atoms with Crippen molar-refractivity contribution >= 4 is 0 Å². The standard InChI is InChI=1S/C22H24FN/c1-2-6-19-13-14-20(21(15-24)22(19)23)18-11-9-17(10-12-18)16-7-4-3-5-8-16/h9-14,16H,2-8H2,1H3. The zero-order chi connectivity index (χ0) is 16.9. The molecule has 0 saturated heterocycles. The maximum absolute atomic E-state index is 14.6. The maximum Gasteiger partial charge on any atom is 0.144 e. The number of nitrogens with zero attached hydrogens (tertiary/aromatic N) is 1. The second kappa shape index (κ2) is 7.62. The highest BCUT2D eigenvalue weighted by Gasteiger charge is 2.17. The molecule has 0 aromatic heterocycles. The van der Waals surface area contributed by atoms with E-state index in [0.717, 1.165) is 12.0 Å². The summed E-state index contributed by atoms with van der Waals surface area (Å²) in [4.78, 5) is 0. The molecule has 124 valence electrons. The first-order chi connectivity index (χ1) is 11.7. The second-order valence-electron chi connectivity index (χ2n) is 6.78. The highest BCUT2D eigenvalue weighted by atomic mass is 19.1. The summed E-state index contributed by atoms with van der Waals surface area (Å²) in [5.41, 5.74) is 3.81. The van der Waals surface area contributed by atoms with Crippen molar-refractivity contribution < 1.29 is 4.39 Å². The summed E-state index contributed by atoms with van der Waals surface area (Å²) in [5, 5.41) is 9.42. The van der Waals surface area contributed by atoms with Gasteiger partial charge in [0.05, 0.1) is 5.56 Å². The van der Waals surface area contributed by atoms with Crippen molar-refractivity contribution in [2.24, 2.45) is 0 Å². The van der Waals surface area contributed by atoms with Gasteiger partial charge in [0.25, 0.3) is 0 Å². The number of hydrogen-bond acceptors (Lipinski definition) is 1. The Hall–Kier alpha value is -2.14. The Balaban J connectivity index is 1.91. The molecule has 0 aliphatic heterocycles. The van der Waals surface area contributed by atoms with Crippen molar-refractivity contribution in [1.82, 2.24) is 0 Å². The third kappa shape index (κ3) is 3.36. The molecule has 1 aliphatic carbocycles.